The fraction of sp³-hybridized carbons (Fsp3) is 0.350. The highest BCUT2D eigenvalue weighted by molar-refractivity contribution is 5.84. The lowest BCUT2D eigenvalue weighted by atomic mass is 9.96. The normalized spacial score (nSPS) is 21.9. The summed E-state index contributed by atoms with van der Waals surface area (Å²) in [5.74, 6) is 0.935. The van der Waals surface area contributed by atoms with E-state index in [4.69, 9.17) is 10.5 Å². The minimum Gasteiger partial charge on any atom is -0.487 e. The second-order valence-corrected chi connectivity index (χ2v) is 6.54. The second-order valence-electron chi connectivity index (χ2n) is 6.54. The topological polar surface area (TPSA) is 51.4 Å². The van der Waals surface area contributed by atoms with Gasteiger partial charge in [0.2, 0.25) is 0 Å². The summed E-state index contributed by atoms with van der Waals surface area (Å²) in [6.45, 7) is 3.70. The Labute approximate surface area is 143 Å². The van der Waals surface area contributed by atoms with Crippen LogP contribution >= 0.6 is 0 Å². The Morgan fingerprint density at radius 3 is 2.96 bits per heavy atom. The van der Waals surface area contributed by atoms with Crippen LogP contribution in [0, 0.1) is 0 Å². The average Bonchev–Trinajstić information content (AvgIpc) is 2.95. The summed E-state index contributed by atoms with van der Waals surface area (Å²) in [5.41, 5.74) is 10.6. The number of fused-ring (bicyclic) bond motifs is 2. The van der Waals surface area contributed by atoms with E-state index < -0.39 is 0 Å². The summed E-state index contributed by atoms with van der Waals surface area (Å²) in [4.78, 5) is 6.96. The first kappa shape index (κ1) is 15.4. The van der Waals surface area contributed by atoms with Gasteiger partial charge in [-0.1, -0.05) is 30.3 Å². The zero-order chi connectivity index (χ0) is 16.4. The molecule has 2 aromatic rings. The monoisotopic (exact) mass is 321 g/mol. The zero-order valence-corrected chi connectivity index (χ0v) is 13.8. The van der Waals surface area contributed by atoms with Crippen molar-refractivity contribution in [3.05, 3.63) is 65.5 Å². The Morgan fingerprint density at radius 1 is 1.21 bits per heavy atom. The molecule has 2 aliphatic heterocycles. The standard InChI is InChI=1S/C20H23N3O/c21-15-9-12-23(13-15)11-4-7-16-17-6-3-10-22-19(17)14-24-20-8-2-1-5-18(16)20/h1-3,5-8,10,15H,4,9,11-14,21H2/b16-7+/t15-/m1/s1. The summed E-state index contributed by atoms with van der Waals surface area (Å²) in [7, 11) is 0. The van der Waals surface area contributed by atoms with E-state index >= 15 is 0 Å². The van der Waals surface area contributed by atoms with E-state index in [0.29, 0.717) is 12.6 Å². The van der Waals surface area contributed by atoms with Crippen molar-refractivity contribution >= 4 is 5.57 Å². The van der Waals surface area contributed by atoms with Crippen molar-refractivity contribution < 1.29 is 4.74 Å². The second kappa shape index (κ2) is 6.75. The van der Waals surface area contributed by atoms with E-state index in [0.717, 1.165) is 49.5 Å². The van der Waals surface area contributed by atoms with E-state index in [1.165, 1.54) is 11.1 Å². The van der Waals surface area contributed by atoms with Crippen molar-refractivity contribution in [3.63, 3.8) is 0 Å². The molecule has 4 nitrogen and oxygen atoms in total. The van der Waals surface area contributed by atoms with Crippen molar-refractivity contribution in [1.82, 2.24) is 9.88 Å². The van der Waals surface area contributed by atoms with Gasteiger partial charge in [0.05, 0.1) is 5.69 Å². The molecule has 0 radical (unpaired) electrons. The van der Waals surface area contributed by atoms with E-state index in [2.05, 4.69) is 34.2 Å². The first-order valence-electron chi connectivity index (χ1n) is 8.66. The molecule has 2 N–H and O–H groups in total. The summed E-state index contributed by atoms with van der Waals surface area (Å²) >= 11 is 0. The highest BCUT2D eigenvalue weighted by Gasteiger charge is 2.20. The molecule has 2 aliphatic rings. The average molecular weight is 321 g/mol. The largest absolute Gasteiger partial charge is 0.487 e. The van der Waals surface area contributed by atoms with Crippen molar-refractivity contribution in [2.75, 3.05) is 19.6 Å². The van der Waals surface area contributed by atoms with Crippen LogP contribution < -0.4 is 10.5 Å². The third-order valence-electron chi connectivity index (χ3n) is 4.82. The van der Waals surface area contributed by atoms with E-state index in [9.17, 15) is 0 Å². The van der Waals surface area contributed by atoms with Gasteiger partial charge in [-0.2, -0.15) is 0 Å². The van der Waals surface area contributed by atoms with Gasteiger partial charge in [-0.15, -0.1) is 0 Å². The maximum absolute atomic E-state index is 6.00. The number of hydrogen-bond donors (Lipinski definition) is 1. The molecule has 0 aliphatic carbocycles. The molecule has 4 heteroatoms. The number of hydrogen-bond acceptors (Lipinski definition) is 4. The number of likely N-dealkylation sites (tertiary alicyclic amines) is 1. The number of nitrogens with two attached hydrogens (primary N) is 1. The third-order valence-corrected chi connectivity index (χ3v) is 4.82. The van der Waals surface area contributed by atoms with Crippen LogP contribution in [0.5, 0.6) is 5.75 Å². The van der Waals surface area contributed by atoms with E-state index in [-0.39, 0.29) is 0 Å². The lowest BCUT2D eigenvalue weighted by Crippen LogP contribution is -2.27. The van der Waals surface area contributed by atoms with Crippen molar-refractivity contribution in [2.24, 2.45) is 5.73 Å². The van der Waals surface area contributed by atoms with Crippen LogP contribution in [-0.4, -0.2) is 35.6 Å². The van der Waals surface area contributed by atoms with Gasteiger partial charge in [0.1, 0.15) is 12.4 Å². The van der Waals surface area contributed by atoms with Crippen LogP contribution in [-0.2, 0) is 6.61 Å². The quantitative estimate of drug-likeness (QED) is 0.944. The van der Waals surface area contributed by atoms with Crippen molar-refractivity contribution in [2.45, 2.75) is 25.5 Å². The molecule has 24 heavy (non-hydrogen) atoms. The minimum atomic E-state index is 0.342. The maximum Gasteiger partial charge on any atom is 0.131 e. The van der Waals surface area contributed by atoms with Crippen LogP contribution in [0.4, 0.5) is 0 Å². The summed E-state index contributed by atoms with van der Waals surface area (Å²) in [6.07, 6.45) is 6.28. The van der Waals surface area contributed by atoms with Crippen LogP contribution in [0.25, 0.3) is 5.57 Å². The van der Waals surface area contributed by atoms with Gasteiger partial charge in [-0.05, 0) is 37.1 Å². The highest BCUT2D eigenvalue weighted by Crippen LogP contribution is 2.36. The number of aromatic nitrogens is 1. The SMILES string of the molecule is N[C@@H]1CCN(CC/C=C2/c3ccccc3OCc3ncccc32)C1. The number of benzene rings is 1. The van der Waals surface area contributed by atoms with Gasteiger partial charge in [-0.25, -0.2) is 0 Å². The van der Waals surface area contributed by atoms with Gasteiger partial charge >= 0.3 is 0 Å². The summed E-state index contributed by atoms with van der Waals surface area (Å²) in [6, 6.07) is 12.7. The molecule has 0 amide bonds. The molecule has 0 unspecified atom stereocenters. The number of nitrogens with zero attached hydrogens (tertiary/aromatic N) is 2. The fourth-order valence-corrected chi connectivity index (χ4v) is 3.58. The number of ether oxygens (including phenoxy) is 1. The molecule has 0 saturated carbocycles. The van der Waals surface area contributed by atoms with Crippen molar-refractivity contribution in [1.29, 1.82) is 0 Å². The molecule has 3 heterocycles. The number of para-hydroxylation sites is 1. The predicted octanol–water partition coefficient (Wildman–Crippen LogP) is 2.83. The lowest BCUT2D eigenvalue weighted by molar-refractivity contribution is 0.302. The van der Waals surface area contributed by atoms with Gasteiger partial charge < -0.3 is 15.4 Å². The predicted molar refractivity (Wildman–Crippen MR) is 95.7 cm³/mol. The van der Waals surface area contributed by atoms with Crippen molar-refractivity contribution in [3.8, 4) is 5.75 Å². The summed E-state index contributed by atoms with van der Waals surface area (Å²) in [5, 5.41) is 0. The van der Waals surface area contributed by atoms with E-state index in [1.54, 1.807) is 0 Å². The van der Waals surface area contributed by atoms with Gasteiger partial charge in [0, 0.05) is 36.5 Å². The molecule has 1 aromatic carbocycles. The van der Waals surface area contributed by atoms with Crippen LogP contribution in [0.2, 0.25) is 0 Å². The van der Waals surface area contributed by atoms with Gasteiger partial charge in [0.15, 0.2) is 0 Å². The molecule has 0 spiro atoms. The molecular formula is C20H23N3O. The smallest absolute Gasteiger partial charge is 0.131 e. The first-order chi connectivity index (χ1) is 11.8. The summed E-state index contributed by atoms with van der Waals surface area (Å²) < 4.78 is 5.97. The van der Waals surface area contributed by atoms with Crippen LogP contribution in [0.1, 0.15) is 29.7 Å². The van der Waals surface area contributed by atoms with E-state index in [1.807, 2.05) is 24.4 Å². The molecule has 1 atom stereocenters. The molecule has 1 saturated heterocycles. The molecule has 1 fully saturated rings. The molecule has 0 bridgehead atoms. The van der Waals surface area contributed by atoms with Gasteiger partial charge in [0.25, 0.3) is 0 Å². The molecule has 1 aromatic heterocycles. The zero-order valence-electron chi connectivity index (χ0n) is 13.8. The van der Waals surface area contributed by atoms with Crippen LogP contribution in [0.3, 0.4) is 0 Å². The Bertz CT molecular complexity index is 707. The Hall–Kier alpha value is -2.17. The third kappa shape index (κ3) is 3.07. The first-order valence-corrected chi connectivity index (χ1v) is 8.66. The molecule has 4 rings (SSSR count). The Kier molecular flexibility index (Phi) is 4.32. The number of pyridine rings is 1. The minimum absolute atomic E-state index is 0.342. The van der Waals surface area contributed by atoms with Gasteiger partial charge in [-0.3, -0.25) is 4.98 Å². The molecular weight excluding hydrogens is 298 g/mol. The van der Waals surface area contributed by atoms with Crippen LogP contribution in [0.15, 0.2) is 48.7 Å². The maximum atomic E-state index is 6.00. The Balaban J connectivity index is 1.64. The Morgan fingerprint density at radius 2 is 2.08 bits per heavy atom. The highest BCUT2D eigenvalue weighted by atomic mass is 16.5. The fourth-order valence-electron chi connectivity index (χ4n) is 3.58. The number of rotatable bonds is 3. The molecule has 124 valence electrons. The lowest BCUT2D eigenvalue weighted by Gasteiger charge is -2.15.